The molecule has 0 unspecified atom stereocenters. The zero-order valence-electron chi connectivity index (χ0n) is 24.1. The first-order valence-electron chi connectivity index (χ1n) is 14.7. The van der Waals surface area contributed by atoms with Gasteiger partial charge in [0, 0.05) is 45.1 Å². The molecule has 2 heterocycles. The summed E-state index contributed by atoms with van der Waals surface area (Å²) in [4.78, 5) is 18.9. The first kappa shape index (κ1) is 27.6. The molecule has 2 fully saturated rings. The number of rotatable bonds is 9. The molecular weight excluding hydrogens is 488 g/mol. The standard InChI is InChI=1S/C33H44N2O4/c1-24(18-25-12-7-5-8-13-25)21-35(23-28-16-11-17-34(28)22-26-14-9-6-10-15-26)32(36)27-19-29(37-4)31-30(20-27)38-33(2,3)39-31/h5,7-8,12-13,18-20,26,28H,6,9-11,14-17,21-23H2,1-4H3/b24-18+/t28-/m0/s1. The predicted octanol–water partition coefficient (Wildman–Crippen LogP) is 6.79. The molecule has 39 heavy (non-hydrogen) atoms. The van der Waals surface area contributed by atoms with E-state index in [9.17, 15) is 4.79 Å². The first-order chi connectivity index (χ1) is 18.8. The number of ether oxygens (including phenoxy) is 3. The number of hydrogen-bond acceptors (Lipinski definition) is 5. The molecule has 2 aromatic rings. The lowest BCUT2D eigenvalue weighted by Crippen LogP contribution is -2.45. The van der Waals surface area contributed by atoms with Crippen molar-refractivity contribution in [2.75, 3.05) is 33.3 Å². The summed E-state index contributed by atoms with van der Waals surface area (Å²) >= 11 is 0. The van der Waals surface area contributed by atoms with Crippen LogP contribution in [0.1, 0.15) is 81.6 Å². The normalized spacial score (nSPS) is 21.2. The molecule has 1 amide bonds. The Kier molecular flexibility index (Phi) is 8.51. The van der Waals surface area contributed by atoms with Crippen LogP contribution in [0.25, 0.3) is 6.08 Å². The lowest BCUT2D eigenvalue weighted by Gasteiger charge is -2.34. The third-order valence-corrected chi connectivity index (χ3v) is 8.28. The lowest BCUT2D eigenvalue weighted by atomic mass is 9.89. The molecule has 2 aromatic carbocycles. The quantitative estimate of drug-likeness (QED) is 0.356. The smallest absolute Gasteiger partial charge is 0.254 e. The molecular formula is C33H44N2O4. The second-order valence-electron chi connectivity index (χ2n) is 12.0. The molecule has 2 aliphatic heterocycles. The van der Waals surface area contributed by atoms with Crippen molar-refractivity contribution in [1.82, 2.24) is 9.80 Å². The molecule has 3 aliphatic rings. The van der Waals surface area contributed by atoms with E-state index in [1.54, 1.807) is 13.2 Å². The molecule has 5 rings (SSSR count). The van der Waals surface area contributed by atoms with Gasteiger partial charge in [-0.3, -0.25) is 9.69 Å². The molecule has 0 bridgehead atoms. The van der Waals surface area contributed by atoms with E-state index < -0.39 is 5.79 Å². The van der Waals surface area contributed by atoms with E-state index in [0.717, 1.165) is 30.0 Å². The Morgan fingerprint density at radius 1 is 1.08 bits per heavy atom. The van der Waals surface area contributed by atoms with Crippen LogP contribution in [0.5, 0.6) is 17.2 Å². The summed E-state index contributed by atoms with van der Waals surface area (Å²) in [5.74, 6) is 1.63. The lowest BCUT2D eigenvalue weighted by molar-refractivity contribution is -0.0439. The highest BCUT2D eigenvalue weighted by Gasteiger charge is 2.36. The zero-order chi connectivity index (χ0) is 27.4. The second-order valence-corrected chi connectivity index (χ2v) is 12.0. The van der Waals surface area contributed by atoms with Crippen molar-refractivity contribution in [3.05, 3.63) is 59.2 Å². The monoisotopic (exact) mass is 532 g/mol. The maximum absolute atomic E-state index is 14.2. The molecule has 6 nitrogen and oxygen atoms in total. The van der Waals surface area contributed by atoms with Crippen LogP contribution >= 0.6 is 0 Å². The topological polar surface area (TPSA) is 51.2 Å². The SMILES string of the molecule is COc1cc(C(=O)N(C/C(C)=C/c2ccccc2)C[C@@H]2CCCN2CC2CCCCC2)cc2c1OC(C)(C)O2. The molecule has 1 saturated carbocycles. The molecule has 1 saturated heterocycles. The Morgan fingerprint density at radius 3 is 2.59 bits per heavy atom. The Labute approximate surface area is 233 Å². The summed E-state index contributed by atoms with van der Waals surface area (Å²) in [6, 6.07) is 14.3. The van der Waals surface area contributed by atoms with Crippen molar-refractivity contribution in [1.29, 1.82) is 0 Å². The minimum Gasteiger partial charge on any atom is -0.493 e. The fraction of sp³-hybridized carbons (Fsp3) is 0.545. The van der Waals surface area contributed by atoms with E-state index in [1.807, 2.05) is 43.0 Å². The number of methoxy groups -OCH3 is 1. The van der Waals surface area contributed by atoms with Crippen LogP contribution in [-0.4, -0.2) is 60.8 Å². The van der Waals surface area contributed by atoms with Gasteiger partial charge in [-0.1, -0.05) is 61.2 Å². The van der Waals surface area contributed by atoms with E-state index >= 15 is 0 Å². The van der Waals surface area contributed by atoms with Gasteiger partial charge in [0.1, 0.15) is 0 Å². The van der Waals surface area contributed by atoms with Gasteiger partial charge in [0.2, 0.25) is 11.5 Å². The molecule has 1 atom stereocenters. The van der Waals surface area contributed by atoms with Crippen LogP contribution in [-0.2, 0) is 0 Å². The van der Waals surface area contributed by atoms with Crippen LogP contribution in [0, 0.1) is 5.92 Å². The number of carbonyl (C=O) groups is 1. The Bertz CT molecular complexity index is 1170. The highest BCUT2D eigenvalue weighted by atomic mass is 16.7. The van der Waals surface area contributed by atoms with E-state index in [-0.39, 0.29) is 5.91 Å². The van der Waals surface area contributed by atoms with Gasteiger partial charge in [-0.15, -0.1) is 0 Å². The van der Waals surface area contributed by atoms with Crippen LogP contribution in [0.4, 0.5) is 0 Å². The fourth-order valence-electron chi connectivity index (χ4n) is 6.44. The van der Waals surface area contributed by atoms with E-state index in [2.05, 4.69) is 30.0 Å². The van der Waals surface area contributed by atoms with Crippen LogP contribution in [0.3, 0.4) is 0 Å². The Morgan fingerprint density at radius 2 is 1.85 bits per heavy atom. The summed E-state index contributed by atoms with van der Waals surface area (Å²) in [6.07, 6.45) is 11.3. The van der Waals surface area contributed by atoms with Gasteiger partial charge in [-0.05, 0) is 62.8 Å². The minimum absolute atomic E-state index is 0.00488. The van der Waals surface area contributed by atoms with Gasteiger partial charge in [-0.25, -0.2) is 0 Å². The van der Waals surface area contributed by atoms with Crippen molar-refractivity contribution in [3.63, 3.8) is 0 Å². The maximum atomic E-state index is 14.2. The summed E-state index contributed by atoms with van der Waals surface area (Å²) in [7, 11) is 1.60. The number of fused-ring (bicyclic) bond motifs is 1. The number of benzene rings is 2. The summed E-state index contributed by atoms with van der Waals surface area (Å²) in [5.41, 5.74) is 2.87. The largest absolute Gasteiger partial charge is 0.493 e. The van der Waals surface area contributed by atoms with Crippen LogP contribution in [0.2, 0.25) is 0 Å². The number of carbonyl (C=O) groups excluding carboxylic acids is 1. The average Bonchev–Trinajstić information content (AvgIpc) is 3.49. The molecule has 6 heteroatoms. The Hall–Kier alpha value is -2.99. The Balaban J connectivity index is 1.39. The summed E-state index contributed by atoms with van der Waals surface area (Å²) in [5, 5.41) is 0. The molecule has 0 radical (unpaired) electrons. The van der Waals surface area contributed by atoms with Gasteiger partial charge in [0.15, 0.2) is 11.5 Å². The number of likely N-dealkylation sites (tertiary alicyclic amines) is 1. The third kappa shape index (κ3) is 6.78. The second kappa shape index (κ2) is 12.0. The highest BCUT2D eigenvalue weighted by molar-refractivity contribution is 5.96. The maximum Gasteiger partial charge on any atom is 0.254 e. The number of hydrogen-bond donors (Lipinski definition) is 0. The van der Waals surface area contributed by atoms with Crippen molar-refractivity contribution in [2.24, 2.45) is 5.92 Å². The molecule has 0 aromatic heterocycles. The van der Waals surface area contributed by atoms with Gasteiger partial charge >= 0.3 is 0 Å². The van der Waals surface area contributed by atoms with Gasteiger partial charge in [0.05, 0.1) is 7.11 Å². The van der Waals surface area contributed by atoms with Crippen molar-refractivity contribution >= 4 is 12.0 Å². The van der Waals surface area contributed by atoms with Gasteiger partial charge in [0.25, 0.3) is 5.91 Å². The predicted molar refractivity (Wildman–Crippen MR) is 155 cm³/mol. The third-order valence-electron chi connectivity index (χ3n) is 8.28. The molecule has 0 spiro atoms. The first-order valence-corrected chi connectivity index (χ1v) is 14.7. The van der Waals surface area contributed by atoms with Crippen LogP contribution in [0.15, 0.2) is 48.0 Å². The van der Waals surface area contributed by atoms with Gasteiger partial charge in [-0.2, -0.15) is 0 Å². The number of amides is 1. The van der Waals surface area contributed by atoms with E-state index in [0.29, 0.717) is 41.9 Å². The molecule has 210 valence electrons. The highest BCUT2D eigenvalue weighted by Crippen LogP contribution is 2.47. The van der Waals surface area contributed by atoms with Crippen molar-refractivity contribution < 1.29 is 19.0 Å². The van der Waals surface area contributed by atoms with Crippen LogP contribution < -0.4 is 14.2 Å². The van der Waals surface area contributed by atoms with E-state index in [1.165, 1.54) is 45.1 Å². The minimum atomic E-state index is -0.796. The zero-order valence-corrected chi connectivity index (χ0v) is 24.1. The number of nitrogens with zero attached hydrogens (tertiary/aromatic N) is 2. The fourth-order valence-corrected chi connectivity index (χ4v) is 6.44. The molecule has 1 aliphatic carbocycles. The summed E-state index contributed by atoms with van der Waals surface area (Å²) in [6.45, 7) is 9.42. The van der Waals surface area contributed by atoms with Crippen molar-refractivity contribution in [2.45, 2.75) is 77.5 Å². The molecule has 0 N–H and O–H groups in total. The van der Waals surface area contributed by atoms with Crippen molar-refractivity contribution in [3.8, 4) is 17.2 Å². The van der Waals surface area contributed by atoms with Gasteiger partial charge < -0.3 is 19.1 Å². The summed E-state index contributed by atoms with van der Waals surface area (Å²) < 4.78 is 17.6. The van der Waals surface area contributed by atoms with E-state index in [4.69, 9.17) is 14.2 Å². The average molecular weight is 533 g/mol.